The molecule has 0 aliphatic carbocycles. The summed E-state index contributed by atoms with van der Waals surface area (Å²) in [5, 5.41) is 0. The van der Waals surface area contributed by atoms with Gasteiger partial charge in [0.25, 0.3) is 0 Å². The number of anilines is 1. The maximum absolute atomic E-state index is 7.36. The first kappa shape index (κ1) is 4.66. The van der Waals surface area contributed by atoms with Crippen molar-refractivity contribution in [3.05, 3.63) is 18.2 Å². The number of ether oxygens (including phenoxy) is 1. The van der Waals surface area contributed by atoms with E-state index in [0.29, 0.717) is 19.0 Å². The van der Waals surface area contributed by atoms with Crippen molar-refractivity contribution in [2.45, 2.75) is 5.92 Å². The molecule has 1 saturated heterocycles. The normalized spacial score (nSPS) is 20.4. The Morgan fingerprint density at radius 1 is 1.55 bits per heavy atom. The Morgan fingerprint density at radius 2 is 2.18 bits per heavy atom. The zero-order valence-electron chi connectivity index (χ0n) is 7.87. The van der Waals surface area contributed by atoms with Gasteiger partial charge in [0.05, 0.1) is 39.9 Å². The summed E-state index contributed by atoms with van der Waals surface area (Å²) in [6.45, 7) is 1.14. The van der Waals surface area contributed by atoms with E-state index in [1.807, 2.05) is 0 Å². The summed E-state index contributed by atoms with van der Waals surface area (Å²) in [7, 11) is 0. The Bertz CT molecular complexity index is 318. The van der Waals surface area contributed by atoms with Gasteiger partial charge in [-0.05, 0) is 0 Å². The molecule has 0 aromatic carbocycles. The van der Waals surface area contributed by atoms with Gasteiger partial charge in [0.2, 0.25) is 0 Å². The van der Waals surface area contributed by atoms with Gasteiger partial charge in [0.15, 0.2) is 0 Å². The van der Waals surface area contributed by atoms with Crippen molar-refractivity contribution in [3.63, 3.8) is 0 Å². The van der Waals surface area contributed by atoms with Crippen LogP contribution in [-0.4, -0.2) is 23.2 Å². The van der Waals surface area contributed by atoms with Crippen LogP contribution in [0.4, 0.5) is 5.69 Å². The van der Waals surface area contributed by atoms with Gasteiger partial charge in [-0.3, -0.25) is 0 Å². The third-order valence-corrected chi connectivity index (χ3v) is 1.59. The maximum Gasteiger partial charge on any atom is 0.136 e. The first-order chi connectivity index (χ1) is 6.18. The van der Waals surface area contributed by atoms with Gasteiger partial charge in [-0.15, -0.1) is 0 Å². The van der Waals surface area contributed by atoms with Crippen LogP contribution in [0, 0.1) is 0 Å². The monoisotopic (exact) mass is 153 g/mol. The summed E-state index contributed by atoms with van der Waals surface area (Å²) in [5.74, 6) is 0.629. The Balaban J connectivity index is 2.37. The highest BCUT2D eigenvalue weighted by Crippen LogP contribution is 2.19. The third-order valence-electron chi connectivity index (χ3n) is 1.59. The van der Waals surface area contributed by atoms with Gasteiger partial charge < -0.3 is 10.5 Å². The van der Waals surface area contributed by atoms with E-state index in [-0.39, 0.29) is 24.0 Å². The lowest BCUT2D eigenvalue weighted by atomic mass is 10.1. The zero-order valence-corrected chi connectivity index (χ0v) is 5.87. The first-order valence-corrected chi connectivity index (χ1v) is 3.37. The third kappa shape index (κ3) is 1.17. The van der Waals surface area contributed by atoms with Crippen LogP contribution in [0.25, 0.3) is 0 Å². The number of hydrogen-bond acceptors (Lipinski definition) is 4. The Labute approximate surface area is 67.2 Å². The molecule has 2 heterocycles. The molecule has 0 bridgehead atoms. The molecule has 4 nitrogen and oxygen atoms in total. The van der Waals surface area contributed by atoms with Gasteiger partial charge in [-0.1, -0.05) is 0 Å². The van der Waals surface area contributed by atoms with E-state index >= 15 is 0 Å². The molecule has 2 N–H and O–H groups in total. The summed E-state index contributed by atoms with van der Waals surface area (Å²) in [4.78, 5) is 7.77. The Morgan fingerprint density at radius 3 is 2.64 bits per heavy atom. The van der Waals surface area contributed by atoms with Crippen molar-refractivity contribution in [1.82, 2.24) is 9.97 Å². The molecule has 4 heteroatoms. The SMILES string of the molecule is [2H]c1nc(C2COC2)nc([2H])c1N. The maximum atomic E-state index is 7.36. The minimum absolute atomic E-state index is 0.0315. The second-order valence-electron chi connectivity index (χ2n) is 2.45. The summed E-state index contributed by atoms with van der Waals surface area (Å²) < 4.78 is 19.7. The van der Waals surface area contributed by atoms with Crippen LogP contribution in [0.3, 0.4) is 0 Å². The molecule has 1 aromatic rings. The summed E-state index contributed by atoms with van der Waals surface area (Å²) in [6, 6.07) is 0. The van der Waals surface area contributed by atoms with E-state index in [1.165, 1.54) is 0 Å². The highest BCUT2D eigenvalue weighted by molar-refractivity contribution is 5.30. The van der Waals surface area contributed by atoms with E-state index in [9.17, 15) is 0 Å². The Kier molecular flexibility index (Phi) is 1.05. The average molecular weight is 153 g/mol. The van der Waals surface area contributed by atoms with Gasteiger partial charge in [-0.25, -0.2) is 9.97 Å². The lowest BCUT2D eigenvalue weighted by Crippen LogP contribution is -2.26. The van der Waals surface area contributed by atoms with E-state index in [1.54, 1.807) is 0 Å². The van der Waals surface area contributed by atoms with Gasteiger partial charge >= 0.3 is 0 Å². The van der Waals surface area contributed by atoms with Crippen LogP contribution in [0.1, 0.15) is 14.5 Å². The molecule has 0 unspecified atom stereocenters. The number of nitrogens with zero attached hydrogens (tertiary/aromatic N) is 2. The molecule has 2 rings (SSSR count). The van der Waals surface area contributed by atoms with Crippen molar-refractivity contribution in [2.24, 2.45) is 0 Å². The smallest absolute Gasteiger partial charge is 0.136 e. The lowest BCUT2D eigenvalue weighted by molar-refractivity contribution is 0.00486. The second-order valence-corrected chi connectivity index (χ2v) is 2.45. The predicted molar refractivity (Wildman–Crippen MR) is 40.0 cm³/mol. The average Bonchev–Trinajstić information content (AvgIpc) is 1.96. The molecule has 0 saturated carbocycles. The number of rotatable bonds is 1. The van der Waals surface area contributed by atoms with E-state index in [4.69, 9.17) is 13.2 Å². The van der Waals surface area contributed by atoms with E-state index < -0.39 is 0 Å². The molecular weight excluding hydrogens is 142 g/mol. The fourth-order valence-electron chi connectivity index (χ4n) is 0.852. The summed E-state index contributed by atoms with van der Waals surface area (Å²) in [6.07, 6.45) is -0.135. The minimum Gasteiger partial charge on any atom is -0.396 e. The molecule has 11 heavy (non-hydrogen) atoms. The quantitative estimate of drug-likeness (QED) is 0.624. The summed E-state index contributed by atoms with van der Waals surface area (Å²) >= 11 is 0. The van der Waals surface area contributed by atoms with Gasteiger partial charge in [0.1, 0.15) is 5.82 Å². The molecule has 1 aliphatic heterocycles. The Hall–Kier alpha value is -1.16. The molecular formula is C7H9N3O. The standard InChI is InChI=1S/C7H9N3O/c8-6-1-9-7(10-2-6)5-3-11-4-5/h1-2,5H,3-4,8H2/i1D,2D. The number of aromatic nitrogens is 2. The van der Waals surface area contributed by atoms with Crippen molar-refractivity contribution in [1.29, 1.82) is 0 Å². The summed E-state index contributed by atoms with van der Waals surface area (Å²) in [5.41, 5.74) is 5.41. The topological polar surface area (TPSA) is 61.0 Å². The molecule has 58 valence electrons. The highest BCUT2D eigenvalue weighted by Gasteiger charge is 2.22. The van der Waals surface area contributed by atoms with Crippen LogP contribution in [-0.2, 0) is 4.74 Å². The molecule has 1 fully saturated rings. The van der Waals surface area contributed by atoms with Gasteiger partial charge in [0, 0.05) is 0 Å². The van der Waals surface area contributed by atoms with Crippen molar-refractivity contribution < 1.29 is 7.48 Å². The minimum atomic E-state index is -0.0677. The molecule has 0 spiro atoms. The molecule has 0 amide bonds. The van der Waals surface area contributed by atoms with Crippen molar-refractivity contribution in [3.8, 4) is 0 Å². The van der Waals surface area contributed by atoms with Crippen LogP contribution in [0.15, 0.2) is 12.3 Å². The molecule has 1 aromatic heterocycles. The van der Waals surface area contributed by atoms with Crippen molar-refractivity contribution >= 4 is 5.69 Å². The van der Waals surface area contributed by atoms with E-state index in [2.05, 4.69) is 9.97 Å². The van der Waals surface area contributed by atoms with Crippen molar-refractivity contribution in [2.75, 3.05) is 18.9 Å². The van der Waals surface area contributed by atoms with Crippen LogP contribution < -0.4 is 5.73 Å². The molecule has 0 radical (unpaired) electrons. The van der Waals surface area contributed by atoms with E-state index in [0.717, 1.165) is 0 Å². The first-order valence-electron chi connectivity index (χ1n) is 4.37. The molecule has 1 aliphatic rings. The fraction of sp³-hybridized carbons (Fsp3) is 0.429. The fourth-order valence-corrected chi connectivity index (χ4v) is 0.852. The van der Waals surface area contributed by atoms with Crippen LogP contribution in [0.5, 0.6) is 0 Å². The number of nitrogens with two attached hydrogens (primary N) is 1. The largest absolute Gasteiger partial charge is 0.396 e. The predicted octanol–water partition coefficient (Wildman–Crippen LogP) is 0.173. The second kappa shape index (κ2) is 2.47. The molecule has 0 atom stereocenters. The zero-order chi connectivity index (χ0) is 9.42. The lowest BCUT2D eigenvalue weighted by Gasteiger charge is -2.23. The van der Waals surface area contributed by atoms with Gasteiger partial charge in [-0.2, -0.15) is 0 Å². The van der Waals surface area contributed by atoms with Crippen LogP contribution in [0.2, 0.25) is 0 Å². The van der Waals surface area contributed by atoms with Crippen LogP contribution >= 0.6 is 0 Å². The number of hydrogen-bond donors (Lipinski definition) is 1. The number of nitrogen functional groups attached to an aromatic ring is 1. The highest BCUT2D eigenvalue weighted by atomic mass is 16.5.